The summed E-state index contributed by atoms with van der Waals surface area (Å²) in [5.41, 5.74) is 1.65. The van der Waals surface area contributed by atoms with Gasteiger partial charge < -0.3 is 4.74 Å². The van der Waals surface area contributed by atoms with E-state index in [2.05, 4.69) is 0 Å². The minimum atomic E-state index is -0.666. The molecule has 0 amide bonds. The number of methoxy groups -OCH3 is 1. The van der Waals surface area contributed by atoms with Crippen molar-refractivity contribution in [2.24, 2.45) is 0 Å². The van der Waals surface area contributed by atoms with Crippen LogP contribution in [-0.2, 0) is 0 Å². The standard InChI is InChI=1S/C17H12BNO3/c1-10-7-11(5-6-15(10)22-2)16(20)17(21)12-3-4-13(9-19)14(18)8-12/h3-8H,1-2H3. The number of carbonyl (C=O) groups excluding carboxylic acids is 2. The summed E-state index contributed by atoms with van der Waals surface area (Å²) >= 11 is 0. The molecule has 0 N–H and O–H groups in total. The first-order valence-electron chi connectivity index (χ1n) is 6.51. The van der Waals surface area contributed by atoms with Crippen LogP contribution in [0.3, 0.4) is 0 Å². The van der Waals surface area contributed by atoms with Gasteiger partial charge in [0, 0.05) is 16.7 Å². The molecule has 0 saturated carbocycles. The zero-order valence-corrected chi connectivity index (χ0v) is 12.2. The maximum atomic E-state index is 12.3. The molecule has 2 radical (unpaired) electrons. The van der Waals surface area contributed by atoms with E-state index in [9.17, 15) is 9.59 Å². The lowest BCUT2D eigenvalue weighted by molar-refractivity contribution is 0.0817. The third-order valence-electron chi connectivity index (χ3n) is 3.30. The van der Waals surface area contributed by atoms with Gasteiger partial charge in [-0.25, -0.2) is 0 Å². The molecule has 5 heteroatoms. The fourth-order valence-electron chi connectivity index (χ4n) is 2.09. The number of carbonyl (C=O) groups is 2. The molecule has 0 aliphatic carbocycles. The summed E-state index contributed by atoms with van der Waals surface area (Å²) in [7, 11) is 7.20. The molecule has 0 spiro atoms. The fourth-order valence-corrected chi connectivity index (χ4v) is 2.09. The first-order valence-corrected chi connectivity index (χ1v) is 6.51. The minimum absolute atomic E-state index is 0.162. The van der Waals surface area contributed by atoms with Crippen LogP contribution in [0.4, 0.5) is 0 Å². The summed E-state index contributed by atoms with van der Waals surface area (Å²) in [6.45, 7) is 1.79. The second-order valence-corrected chi connectivity index (χ2v) is 4.76. The highest BCUT2D eigenvalue weighted by Crippen LogP contribution is 2.19. The number of nitrogens with zero attached hydrogens (tertiary/aromatic N) is 1. The molecule has 0 aliphatic heterocycles. The van der Waals surface area contributed by atoms with Gasteiger partial charge in [0.15, 0.2) is 0 Å². The number of hydrogen-bond acceptors (Lipinski definition) is 4. The number of Topliss-reactive ketones (excluding diaryl/α,β-unsaturated/α-hetero) is 2. The van der Waals surface area contributed by atoms with Crippen LogP contribution in [0.25, 0.3) is 0 Å². The normalized spacial score (nSPS) is 9.86. The van der Waals surface area contributed by atoms with Gasteiger partial charge in [-0.1, -0.05) is 11.5 Å². The molecule has 0 bridgehead atoms. The molecule has 4 nitrogen and oxygen atoms in total. The Morgan fingerprint density at radius 2 is 1.68 bits per heavy atom. The lowest BCUT2D eigenvalue weighted by Gasteiger charge is -2.07. The number of aryl methyl sites for hydroxylation is 1. The van der Waals surface area contributed by atoms with Crippen LogP contribution in [-0.4, -0.2) is 26.5 Å². The molecule has 0 atom stereocenters. The molecule has 2 rings (SSSR count). The summed E-state index contributed by atoms with van der Waals surface area (Å²) in [5, 5.41) is 8.82. The number of rotatable bonds is 4. The van der Waals surface area contributed by atoms with E-state index in [0.29, 0.717) is 5.75 Å². The molecule has 0 aromatic heterocycles. The van der Waals surface area contributed by atoms with E-state index in [1.165, 1.54) is 25.3 Å². The largest absolute Gasteiger partial charge is 0.496 e. The van der Waals surface area contributed by atoms with Crippen molar-refractivity contribution in [1.82, 2.24) is 0 Å². The smallest absolute Gasteiger partial charge is 0.233 e. The van der Waals surface area contributed by atoms with Gasteiger partial charge in [-0.3, -0.25) is 9.59 Å². The topological polar surface area (TPSA) is 67.2 Å². The van der Waals surface area contributed by atoms with E-state index in [1.54, 1.807) is 25.1 Å². The molecule has 0 unspecified atom stereocenters. The third kappa shape index (κ3) is 2.91. The molecular weight excluding hydrogens is 277 g/mol. The van der Waals surface area contributed by atoms with Gasteiger partial charge >= 0.3 is 0 Å². The van der Waals surface area contributed by atoms with Crippen molar-refractivity contribution in [3.05, 3.63) is 58.7 Å². The third-order valence-corrected chi connectivity index (χ3v) is 3.30. The zero-order chi connectivity index (χ0) is 16.3. The lowest BCUT2D eigenvalue weighted by atomic mass is 9.87. The number of benzene rings is 2. The zero-order valence-electron chi connectivity index (χ0n) is 12.2. The SMILES string of the molecule is [B]c1cc(C(=O)C(=O)c2ccc(OC)c(C)c2)ccc1C#N. The average Bonchev–Trinajstić information content (AvgIpc) is 2.53. The second-order valence-electron chi connectivity index (χ2n) is 4.76. The van der Waals surface area contributed by atoms with Gasteiger partial charge in [0.05, 0.1) is 13.2 Å². The van der Waals surface area contributed by atoms with Crippen LogP contribution < -0.4 is 10.2 Å². The minimum Gasteiger partial charge on any atom is -0.496 e. The van der Waals surface area contributed by atoms with Crippen molar-refractivity contribution in [3.63, 3.8) is 0 Å². The Balaban J connectivity index is 2.33. The summed E-state index contributed by atoms with van der Waals surface area (Å²) in [6, 6.07) is 10.9. The number of nitriles is 1. The molecule has 0 fully saturated rings. The van der Waals surface area contributed by atoms with E-state index >= 15 is 0 Å². The number of ketones is 2. The van der Waals surface area contributed by atoms with E-state index in [0.717, 1.165) is 5.56 Å². The molecule has 2 aromatic carbocycles. The fraction of sp³-hybridized carbons (Fsp3) is 0.118. The van der Waals surface area contributed by atoms with Gasteiger partial charge in [0.2, 0.25) is 11.6 Å². The van der Waals surface area contributed by atoms with Gasteiger partial charge in [0.25, 0.3) is 0 Å². The molecule has 0 heterocycles. The predicted molar refractivity (Wildman–Crippen MR) is 82.9 cm³/mol. The predicted octanol–water partition coefficient (Wildman–Crippen LogP) is 1.73. The van der Waals surface area contributed by atoms with Gasteiger partial charge in [-0.05, 0) is 42.8 Å². The summed E-state index contributed by atoms with van der Waals surface area (Å²) in [6.07, 6.45) is 0. The Hall–Kier alpha value is -2.87. The molecule has 0 saturated heterocycles. The Morgan fingerprint density at radius 3 is 2.18 bits per heavy atom. The first kappa shape index (κ1) is 15.5. The highest BCUT2D eigenvalue weighted by molar-refractivity contribution is 6.49. The Bertz CT molecular complexity index is 806. The number of ether oxygens (including phenoxy) is 1. The van der Waals surface area contributed by atoms with Crippen molar-refractivity contribution in [2.45, 2.75) is 6.92 Å². The molecule has 106 valence electrons. The maximum Gasteiger partial charge on any atom is 0.233 e. The monoisotopic (exact) mass is 289 g/mol. The summed E-state index contributed by atoms with van der Waals surface area (Å²) < 4.78 is 5.12. The molecule has 0 aliphatic rings. The van der Waals surface area contributed by atoms with E-state index in [-0.39, 0.29) is 22.2 Å². The molecule has 22 heavy (non-hydrogen) atoms. The lowest BCUT2D eigenvalue weighted by Crippen LogP contribution is -2.18. The van der Waals surface area contributed by atoms with Crippen molar-refractivity contribution >= 4 is 24.9 Å². The molecular formula is C17H12BNO3. The van der Waals surface area contributed by atoms with Crippen molar-refractivity contribution in [2.75, 3.05) is 7.11 Å². The van der Waals surface area contributed by atoms with Crippen molar-refractivity contribution in [1.29, 1.82) is 5.26 Å². The van der Waals surface area contributed by atoms with Crippen LogP contribution in [0.5, 0.6) is 5.75 Å². The highest BCUT2D eigenvalue weighted by Gasteiger charge is 2.19. The Labute approximate surface area is 129 Å². The van der Waals surface area contributed by atoms with E-state index in [4.69, 9.17) is 17.8 Å². The van der Waals surface area contributed by atoms with Crippen LogP contribution >= 0.6 is 0 Å². The van der Waals surface area contributed by atoms with Crippen LogP contribution in [0, 0.1) is 18.3 Å². The maximum absolute atomic E-state index is 12.3. The summed E-state index contributed by atoms with van der Waals surface area (Å²) in [4.78, 5) is 24.5. The van der Waals surface area contributed by atoms with Crippen molar-refractivity contribution in [3.8, 4) is 11.8 Å². The van der Waals surface area contributed by atoms with Crippen LogP contribution in [0.2, 0.25) is 0 Å². The van der Waals surface area contributed by atoms with Gasteiger partial charge in [-0.2, -0.15) is 5.26 Å². The second kappa shape index (κ2) is 6.27. The van der Waals surface area contributed by atoms with Crippen molar-refractivity contribution < 1.29 is 14.3 Å². The van der Waals surface area contributed by atoms with Gasteiger partial charge in [0.1, 0.15) is 13.6 Å². The Kier molecular flexibility index (Phi) is 4.43. The first-order chi connectivity index (χ1) is 10.5. The molecule has 2 aromatic rings. The van der Waals surface area contributed by atoms with Crippen LogP contribution in [0.1, 0.15) is 31.8 Å². The highest BCUT2D eigenvalue weighted by atomic mass is 16.5. The quantitative estimate of drug-likeness (QED) is 0.488. The van der Waals surface area contributed by atoms with E-state index in [1.807, 2.05) is 6.07 Å². The number of hydrogen-bond donors (Lipinski definition) is 0. The van der Waals surface area contributed by atoms with Gasteiger partial charge in [-0.15, -0.1) is 0 Å². The Morgan fingerprint density at radius 1 is 1.09 bits per heavy atom. The summed E-state index contributed by atoms with van der Waals surface area (Å²) in [5.74, 6) is -0.651. The van der Waals surface area contributed by atoms with Crippen LogP contribution in [0.15, 0.2) is 36.4 Å². The van der Waals surface area contributed by atoms with E-state index < -0.39 is 11.6 Å². The average molecular weight is 289 g/mol.